The Bertz CT molecular complexity index is 2010. The number of nitrogens with one attached hydrogen (secondary N) is 1. The third-order valence-corrected chi connectivity index (χ3v) is 10.4. The molecule has 2 aromatic heterocycles. The van der Waals surface area contributed by atoms with Gasteiger partial charge in [0.05, 0.1) is 28.6 Å². The first-order chi connectivity index (χ1) is 22.3. The summed E-state index contributed by atoms with van der Waals surface area (Å²) in [4.78, 5) is 11.5. The average molecular weight is 671 g/mol. The molecule has 6 aromatic rings. The number of aromatic nitrogens is 1. The molecule has 6 rings (SSSR count). The van der Waals surface area contributed by atoms with E-state index in [-0.39, 0.29) is 23.0 Å². The molecule has 0 radical (unpaired) electrons. The van der Waals surface area contributed by atoms with Crippen LogP contribution in [-0.4, -0.2) is 37.2 Å². The summed E-state index contributed by atoms with van der Waals surface area (Å²) in [7, 11) is -3.67. The van der Waals surface area contributed by atoms with Crippen LogP contribution in [0.1, 0.15) is 38.8 Å². The average Bonchev–Trinajstić information content (AvgIpc) is 3.71. The number of rotatable bonds is 13. The molecular weight excluding hydrogens is 640 g/mol. The lowest BCUT2D eigenvalue weighted by molar-refractivity contribution is 0.0697. The smallest absolute Gasteiger partial charge is 0.335 e. The molecule has 0 saturated carbocycles. The Morgan fingerprint density at radius 3 is 2.17 bits per heavy atom. The lowest BCUT2D eigenvalue weighted by Gasteiger charge is -2.25. The van der Waals surface area contributed by atoms with Gasteiger partial charge in [0.15, 0.2) is 0 Å². The number of aromatic carboxylic acids is 1. The topological polar surface area (TPSA) is 97.6 Å². The van der Waals surface area contributed by atoms with Gasteiger partial charge in [-0.3, -0.25) is 0 Å². The van der Waals surface area contributed by atoms with Gasteiger partial charge < -0.3 is 14.4 Å². The maximum Gasteiger partial charge on any atom is 0.335 e. The van der Waals surface area contributed by atoms with E-state index in [9.17, 15) is 18.3 Å². The van der Waals surface area contributed by atoms with Gasteiger partial charge in [0.1, 0.15) is 5.75 Å². The molecule has 0 amide bonds. The highest BCUT2D eigenvalue weighted by atomic mass is 35.5. The maximum absolute atomic E-state index is 13.1. The maximum atomic E-state index is 13.1. The number of hydrogen-bond donors (Lipinski definition) is 2. The van der Waals surface area contributed by atoms with Crippen molar-refractivity contribution in [3.8, 4) is 5.75 Å². The van der Waals surface area contributed by atoms with Gasteiger partial charge in [-0.2, -0.15) is 11.3 Å². The fourth-order valence-corrected chi connectivity index (χ4v) is 8.00. The van der Waals surface area contributed by atoms with Gasteiger partial charge in [-0.1, -0.05) is 78.3 Å². The molecule has 7 nitrogen and oxygen atoms in total. The van der Waals surface area contributed by atoms with Crippen molar-refractivity contribution in [2.45, 2.75) is 23.8 Å². The number of sulfonamides is 1. The summed E-state index contributed by atoms with van der Waals surface area (Å²) in [5, 5.41) is 14.2. The molecule has 0 aliphatic heterocycles. The van der Waals surface area contributed by atoms with Crippen molar-refractivity contribution in [3.05, 3.63) is 153 Å². The van der Waals surface area contributed by atoms with Crippen LogP contribution in [0.15, 0.2) is 125 Å². The number of nitrogens with zero attached hydrogens (tertiary/aromatic N) is 1. The van der Waals surface area contributed by atoms with Crippen LogP contribution in [0.3, 0.4) is 0 Å². The summed E-state index contributed by atoms with van der Waals surface area (Å²) < 4.78 is 37.3. The Balaban J connectivity index is 1.44. The van der Waals surface area contributed by atoms with Crippen LogP contribution in [0.4, 0.5) is 0 Å². The molecule has 0 atom stereocenters. The number of carboxylic acid groups (broad SMARTS) is 1. The molecule has 0 unspecified atom stereocenters. The Hall–Kier alpha value is -4.41. The van der Waals surface area contributed by atoms with E-state index < -0.39 is 16.0 Å². The van der Waals surface area contributed by atoms with Crippen LogP contribution >= 0.6 is 22.9 Å². The molecule has 0 aliphatic carbocycles. The fourth-order valence-electron chi connectivity index (χ4n) is 5.77. The van der Waals surface area contributed by atoms with Crippen molar-refractivity contribution in [2.24, 2.45) is 0 Å². The van der Waals surface area contributed by atoms with Crippen molar-refractivity contribution in [3.63, 3.8) is 0 Å². The minimum absolute atomic E-state index is 0.184. The van der Waals surface area contributed by atoms with Crippen LogP contribution in [0.5, 0.6) is 5.75 Å². The molecule has 2 N–H and O–H groups in total. The Kier molecular flexibility index (Phi) is 9.56. The van der Waals surface area contributed by atoms with Crippen LogP contribution < -0.4 is 9.46 Å². The Labute approximate surface area is 276 Å². The number of benzene rings is 4. The summed E-state index contributed by atoms with van der Waals surface area (Å²) in [6.07, 6.45) is 0.934. The first kappa shape index (κ1) is 31.6. The van der Waals surface area contributed by atoms with E-state index in [0.717, 1.165) is 33.3 Å². The lowest BCUT2D eigenvalue weighted by Crippen LogP contribution is -2.27. The standard InChI is InChI=1S/C36H31ClN2O5S2/c37-28-13-16-31-32(18-21-44-29-14-11-27(12-15-29)36(40)41)33(17-20-38-46(42,43)30-19-22-45-24-30)39(34(31)23-28)35(25-7-3-1-4-8-25)26-9-5-2-6-10-26/h1-16,19,22-24,35,38H,17-18,20-21H2,(H,40,41). The van der Waals surface area contributed by atoms with Gasteiger partial charge in [-0.25, -0.2) is 17.9 Å². The number of carboxylic acids is 1. The van der Waals surface area contributed by atoms with E-state index in [1.165, 1.54) is 23.5 Å². The fraction of sp³-hybridized carbons (Fsp3) is 0.139. The van der Waals surface area contributed by atoms with Crippen molar-refractivity contribution >= 4 is 49.8 Å². The second-order valence-corrected chi connectivity index (χ2v) is 13.7. The zero-order valence-corrected chi connectivity index (χ0v) is 27.1. The van der Waals surface area contributed by atoms with Gasteiger partial charge in [0.25, 0.3) is 0 Å². The Morgan fingerprint density at radius 1 is 0.891 bits per heavy atom. The van der Waals surface area contributed by atoms with E-state index in [4.69, 9.17) is 16.3 Å². The molecule has 0 bridgehead atoms. The molecular formula is C36H31ClN2O5S2. The predicted octanol–water partition coefficient (Wildman–Crippen LogP) is 7.83. The number of fused-ring (bicyclic) bond motifs is 1. The zero-order valence-electron chi connectivity index (χ0n) is 24.7. The van der Waals surface area contributed by atoms with Crippen molar-refractivity contribution < 1.29 is 23.1 Å². The molecule has 0 saturated heterocycles. The van der Waals surface area contributed by atoms with Gasteiger partial charge in [-0.05, 0) is 64.5 Å². The quantitative estimate of drug-likeness (QED) is 0.131. The second kappa shape index (κ2) is 13.9. The van der Waals surface area contributed by atoms with Gasteiger partial charge in [0, 0.05) is 40.9 Å². The number of halogens is 1. The summed E-state index contributed by atoms with van der Waals surface area (Å²) in [5.74, 6) is -0.433. The van der Waals surface area contributed by atoms with Crippen LogP contribution in [-0.2, 0) is 22.9 Å². The highest BCUT2D eigenvalue weighted by Crippen LogP contribution is 2.38. The van der Waals surface area contributed by atoms with E-state index in [1.54, 1.807) is 29.0 Å². The van der Waals surface area contributed by atoms with E-state index in [0.29, 0.717) is 30.2 Å². The molecule has 0 fully saturated rings. The number of thiophene rings is 1. The van der Waals surface area contributed by atoms with Gasteiger partial charge in [0.2, 0.25) is 10.0 Å². The van der Waals surface area contributed by atoms with E-state index in [2.05, 4.69) is 33.6 Å². The van der Waals surface area contributed by atoms with Crippen LogP contribution in [0, 0.1) is 0 Å². The minimum atomic E-state index is -3.67. The van der Waals surface area contributed by atoms with Crippen LogP contribution in [0.25, 0.3) is 10.9 Å². The number of ether oxygens (including phenoxy) is 1. The SMILES string of the molecule is O=C(O)c1ccc(OCCc2c(CCNS(=O)(=O)c3ccsc3)n(C(c3ccccc3)c3ccccc3)c3cc(Cl)ccc23)cc1. The molecule has 2 heterocycles. The zero-order chi connectivity index (χ0) is 32.1. The van der Waals surface area contributed by atoms with Crippen molar-refractivity contribution in [1.29, 1.82) is 0 Å². The minimum Gasteiger partial charge on any atom is -0.493 e. The summed E-state index contributed by atoms with van der Waals surface area (Å²) in [6.45, 7) is 0.506. The van der Waals surface area contributed by atoms with Crippen molar-refractivity contribution in [2.75, 3.05) is 13.2 Å². The van der Waals surface area contributed by atoms with E-state index in [1.807, 2.05) is 54.6 Å². The largest absolute Gasteiger partial charge is 0.493 e. The molecule has 234 valence electrons. The third kappa shape index (κ3) is 6.88. The van der Waals surface area contributed by atoms with Gasteiger partial charge >= 0.3 is 5.97 Å². The monoisotopic (exact) mass is 670 g/mol. The highest BCUT2D eigenvalue weighted by molar-refractivity contribution is 7.89. The summed E-state index contributed by atoms with van der Waals surface area (Å²) in [5.41, 5.74) is 5.27. The number of hydrogen-bond acceptors (Lipinski definition) is 5. The molecule has 10 heteroatoms. The Morgan fingerprint density at radius 2 is 1.57 bits per heavy atom. The normalized spacial score (nSPS) is 11.7. The third-order valence-electron chi connectivity index (χ3n) is 7.85. The lowest BCUT2D eigenvalue weighted by atomic mass is 9.97. The summed E-state index contributed by atoms with van der Waals surface area (Å²) in [6, 6.07) is 34.0. The highest BCUT2D eigenvalue weighted by Gasteiger charge is 2.26. The molecule has 46 heavy (non-hydrogen) atoms. The first-order valence-electron chi connectivity index (χ1n) is 14.7. The molecule has 0 aliphatic rings. The predicted molar refractivity (Wildman–Crippen MR) is 183 cm³/mol. The van der Waals surface area contributed by atoms with Gasteiger partial charge in [-0.15, -0.1) is 0 Å². The summed E-state index contributed by atoms with van der Waals surface area (Å²) >= 11 is 7.95. The second-order valence-electron chi connectivity index (χ2n) is 10.7. The molecule has 0 spiro atoms. The molecule has 4 aromatic carbocycles. The first-order valence-corrected chi connectivity index (χ1v) is 17.5. The van der Waals surface area contributed by atoms with Crippen molar-refractivity contribution in [1.82, 2.24) is 9.29 Å². The number of carbonyl (C=O) groups is 1. The van der Waals surface area contributed by atoms with E-state index >= 15 is 0 Å². The van der Waals surface area contributed by atoms with Crippen LogP contribution in [0.2, 0.25) is 5.02 Å².